The largest absolute Gasteiger partial charge is 0.493 e. The summed E-state index contributed by atoms with van der Waals surface area (Å²) in [6.45, 7) is 2.89. The highest BCUT2D eigenvalue weighted by atomic mass is 32.1. The topological polar surface area (TPSA) is 123 Å². The molecule has 0 saturated carbocycles. The van der Waals surface area contributed by atoms with Crippen LogP contribution in [0.2, 0.25) is 0 Å². The van der Waals surface area contributed by atoms with E-state index in [2.05, 4.69) is 15.3 Å². The molecule has 1 fully saturated rings. The Hall–Kier alpha value is -3.60. The van der Waals surface area contributed by atoms with E-state index in [-0.39, 0.29) is 11.8 Å². The van der Waals surface area contributed by atoms with Gasteiger partial charge in [-0.15, -0.1) is 11.3 Å². The van der Waals surface area contributed by atoms with Gasteiger partial charge < -0.3 is 30.3 Å². The van der Waals surface area contributed by atoms with Crippen molar-refractivity contribution in [1.29, 1.82) is 0 Å². The van der Waals surface area contributed by atoms with Crippen LogP contribution < -0.4 is 25.4 Å². The summed E-state index contributed by atoms with van der Waals surface area (Å²) in [6.07, 6.45) is 1.70. The number of benzene rings is 1. The molecule has 0 unspecified atom stereocenters. The van der Waals surface area contributed by atoms with Gasteiger partial charge in [-0.05, 0) is 25.0 Å². The number of anilines is 2. The molecule has 11 heteroatoms. The van der Waals surface area contributed by atoms with Gasteiger partial charge in [0.2, 0.25) is 5.95 Å². The number of methoxy groups -OCH3 is 2. The summed E-state index contributed by atoms with van der Waals surface area (Å²) in [5.74, 6) is 1.88. The Morgan fingerprint density at radius 3 is 2.56 bits per heavy atom. The SMILES string of the molecule is COc1cc2nc(N3CCN(C(=O)c4cc5c(s4)CCCNC5=O)CC3)nc(N)c2cc1OC. The van der Waals surface area contributed by atoms with Crippen LogP contribution in [-0.2, 0) is 6.42 Å². The molecule has 3 N–H and O–H groups in total. The molecule has 10 nitrogen and oxygen atoms in total. The number of thiophene rings is 1. The summed E-state index contributed by atoms with van der Waals surface area (Å²) in [5.41, 5.74) is 7.53. The number of piperazine rings is 1. The van der Waals surface area contributed by atoms with Gasteiger partial charge in [-0.25, -0.2) is 4.98 Å². The van der Waals surface area contributed by atoms with E-state index in [9.17, 15) is 9.59 Å². The van der Waals surface area contributed by atoms with Crippen LogP contribution in [0.5, 0.6) is 11.5 Å². The van der Waals surface area contributed by atoms with Gasteiger partial charge in [0.25, 0.3) is 11.8 Å². The molecule has 2 aliphatic heterocycles. The predicted molar refractivity (Wildman–Crippen MR) is 130 cm³/mol. The molecule has 2 amide bonds. The molecule has 0 radical (unpaired) electrons. The summed E-state index contributed by atoms with van der Waals surface area (Å²) >= 11 is 1.43. The molecule has 0 atom stereocenters. The van der Waals surface area contributed by atoms with Crippen LogP contribution in [0, 0.1) is 0 Å². The summed E-state index contributed by atoms with van der Waals surface area (Å²) in [7, 11) is 3.14. The van der Waals surface area contributed by atoms with Crippen molar-refractivity contribution in [2.24, 2.45) is 0 Å². The number of nitrogens with two attached hydrogens (primary N) is 1. The van der Waals surface area contributed by atoms with Crippen LogP contribution in [-0.4, -0.2) is 73.6 Å². The third-order valence-corrected chi connectivity index (χ3v) is 7.38. The molecule has 0 aliphatic carbocycles. The fourth-order valence-corrected chi connectivity index (χ4v) is 5.50. The van der Waals surface area contributed by atoms with Crippen molar-refractivity contribution >= 4 is 45.8 Å². The number of fused-ring (bicyclic) bond motifs is 2. The maximum atomic E-state index is 13.1. The number of nitrogen functional groups attached to an aromatic ring is 1. The molecule has 1 saturated heterocycles. The second-order valence-corrected chi connectivity index (χ2v) is 9.36. The number of carbonyl (C=O) groups is 2. The highest BCUT2D eigenvalue weighted by molar-refractivity contribution is 7.14. The average molecular weight is 483 g/mol. The Balaban J connectivity index is 1.32. The van der Waals surface area contributed by atoms with Crippen molar-refractivity contribution in [3.05, 3.63) is 33.5 Å². The number of rotatable bonds is 4. The number of hydrogen-bond acceptors (Lipinski definition) is 9. The van der Waals surface area contributed by atoms with Gasteiger partial charge in [0.15, 0.2) is 11.5 Å². The molecular weight excluding hydrogens is 456 g/mol. The summed E-state index contributed by atoms with van der Waals surface area (Å²) in [6, 6.07) is 5.29. The first-order chi connectivity index (χ1) is 16.5. The minimum absolute atomic E-state index is 0.0405. The number of amides is 2. The number of aryl methyl sites for hydroxylation is 1. The van der Waals surface area contributed by atoms with Crippen LogP contribution in [0.3, 0.4) is 0 Å². The van der Waals surface area contributed by atoms with E-state index in [1.54, 1.807) is 32.4 Å². The van der Waals surface area contributed by atoms with Crippen molar-refractivity contribution in [2.45, 2.75) is 12.8 Å². The van der Waals surface area contributed by atoms with Gasteiger partial charge in [-0.1, -0.05) is 0 Å². The van der Waals surface area contributed by atoms with Gasteiger partial charge in [-0.3, -0.25) is 9.59 Å². The third-order valence-electron chi connectivity index (χ3n) is 6.20. The van der Waals surface area contributed by atoms with Gasteiger partial charge in [0.1, 0.15) is 5.82 Å². The van der Waals surface area contributed by atoms with E-state index in [0.29, 0.717) is 77.3 Å². The Labute approximate surface area is 200 Å². The number of hydrogen-bond donors (Lipinski definition) is 2. The van der Waals surface area contributed by atoms with Crippen molar-refractivity contribution in [2.75, 3.05) is 57.6 Å². The fourth-order valence-electron chi connectivity index (χ4n) is 4.33. The Morgan fingerprint density at radius 2 is 1.82 bits per heavy atom. The van der Waals surface area contributed by atoms with E-state index in [0.717, 1.165) is 17.7 Å². The average Bonchev–Trinajstić information content (AvgIpc) is 3.22. The molecule has 3 aromatic rings. The molecule has 0 spiro atoms. The lowest BCUT2D eigenvalue weighted by atomic mass is 10.2. The highest BCUT2D eigenvalue weighted by Crippen LogP contribution is 2.34. The maximum Gasteiger partial charge on any atom is 0.264 e. The van der Waals surface area contributed by atoms with Crippen LogP contribution in [0.4, 0.5) is 11.8 Å². The monoisotopic (exact) mass is 482 g/mol. The molecule has 34 heavy (non-hydrogen) atoms. The van der Waals surface area contributed by atoms with E-state index in [1.165, 1.54) is 11.3 Å². The highest BCUT2D eigenvalue weighted by Gasteiger charge is 2.28. The predicted octanol–water partition coefficient (Wildman–Crippen LogP) is 1.93. The summed E-state index contributed by atoms with van der Waals surface area (Å²) < 4.78 is 10.7. The number of carbonyl (C=O) groups excluding carboxylic acids is 2. The Bertz CT molecular complexity index is 1270. The standard InChI is InChI=1S/C23H26N6O4S/c1-32-16-10-13-15(12-17(16)33-2)26-23(27-20(13)24)29-8-6-28(7-9-29)22(31)19-11-14-18(34-19)4-3-5-25-21(14)30/h10-12H,3-9H2,1-2H3,(H,25,30)(H2,24,26,27). The smallest absolute Gasteiger partial charge is 0.264 e. The lowest BCUT2D eigenvalue weighted by Gasteiger charge is -2.34. The quantitative estimate of drug-likeness (QED) is 0.578. The minimum Gasteiger partial charge on any atom is -0.493 e. The Morgan fingerprint density at radius 1 is 1.09 bits per heavy atom. The normalized spacial score (nSPS) is 16.1. The van der Waals surface area contributed by atoms with Crippen LogP contribution >= 0.6 is 11.3 Å². The van der Waals surface area contributed by atoms with Gasteiger partial charge in [0, 0.05) is 49.1 Å². The summed E-state index contributed by atoms with van der Waals surface area (Å²) in [5, 5.41) is 3.58. The first-order valence-electron chi connectivity index (χ1n) is 11.1. The molecule has 1 aromatic carbocycles. The number of ether oxygens (including phenoxy) is 2. The zero-order valence-corrected chi connectivity index (χ0v) is 19.9. The first-order valence-corrected chi connectivity index (χ1v) is 11.9. The van der Waals surface area contributed by atoms with E-state index >= 15 is 0 Å². The van der Waals surface area contributed by atoms with E-state index < -0.39 is 0 Å². The molecule has 4 heterocycles. The minimum atomic E-state index is -0.0899. The summed E-state index contributed by atoms with van der Waals surface area (Å²) in [4.78, 5) is 40.0. The van der Waals surface area contributed by atoms with Crippen molar-refractivity contribution in [3.63, 3.8) is 0 Å². The maximum absolute atomic E-state index is 13.1. The van der Waals surface area contributed by atoms with Gasteiger partial charge >= 0.3 is 0 Å². The molecule has 2 aliphatic rings. The van der Waals surface area contributed by atoms with Crippen molar-refractivity contribution in [1.82, 2.24) is 20.2 Å². The molecule has 2 aromatic heterocycles. The number of aromatic nitrogens is 2. The van der Waals surface area contributed by atoms with Crippen LogP contribution in [0.25, 0.3) is 10.9 Å². The lowest BCUT2D eigenvalue weighted by Crippen LogP contribution is -2.49. The first kappa shape index (κ1) is 22.2. The van der Waals surface area contributed by atoms with Crippen LogP contribution in [0.1, 0.15) is 31.3 Å². The zero-order valence-electron chi connectivity index (χ0n) is 19.1. The lowest BCUT2D eigenvalue weighted by molar-refractivity contribution is 0.0751. The molecule has 0 bridgehead atoms. The molecule has 5 rings (SSSR count). The Kier molecular flexibility index (Phi) is 5.86. The van der Waals surface area contributed by atoms with Crippen molar-refractivity contribution < 1.29 is 19.1 Å². The zero-order chi connectivity index (χ0) is 23.8. The van der Waals surface area contributed by atoms with E-state index in [1.807, 2.05) is 9.80 Å². The van der Waals surface area contributed by atoms with Gasteiger partial charge in [0.05, 0.1) is 30.2 Å². The third kappa shape index (κ3) is 3.96. The second kappa shape index (κ2) is 8.98. The number of nitrogens with one attached hydrogen (secondary N) is 1. The van der Waals surface area contributed by atoms with Gasteiger partial charge in [-0.2, -0.15) is 4.98 Å². The van der Waals surface area contributed by atoms with Crippen LogP contribution in [0.15, 0.2) is 18.2 Å². The number of nitrogens with zero attached hydrogens (tertiary/aromatic N) is 4. The van der Waals surface area contributed by atoms with E-state index in [4.69, 9.17) is 15.2 Å². The molecule has 178 valence electrons. The second-order valence-electron chi connectivity index (χ2n) is 8.22. The fraction of sp³-hybridized carbons (Fsp3) is 0.391. The van der Waals surface area contributed by atoms with Crippen molar-refractivity contribution in [3.8, 4) is 11.5 Å². The molecular formula is C23H26N6O4S.